The molecule has 0 atom stereocenters. The van der Waals surface area contributed by atoms with Gasteiger partial charge in [-0.05, 0) is 48.0 Å². The summed E-state index contributed by atoms with van der Waals surface area (Å²) in [5.74, 6) is -0.298. The van der Waals surface area contributed by atoms with E-state index in [4.69, 9.17) is 0 Å². The van der Waals surface area contributed by atoms with Crippen molar-refractivity contribution in [2.75, 3.05) is 13.1 Å². The molecule has 2 amide bonds. The van der Waals surface area contributed by atoms with Gasteiger partial charge in [-0.3, -0.25) is 9.59 Å². The Kier molecular flexibility index (Phi) is 3.92. The van der Waals surface area contributed by atoms with Crippen LogP contribution in [0.2, 0.25) is 0 Å². The number of carbonyl (C=O) groups excluding carboxylic acids is 2. The van der Waals surface area contributed by atoms with Gasteiger partial charge in [0.05, 0.1) is 5.56 Å². The fourth-order valence-corrected chi connectivity index (χ4v) is 2.70. The van der Waals surface area contributed by atoms with E-state index in [1.807, 2.05) is 0 Å². The maximum absolute atomic E-state index is 12.6. The average molecular weight is 343 g/mol. The third-order valence-corrected chi connectivity index (χ3v) is 4.25. The fourth-order valence-electron chi connectivity index (χ4n) is 2.08. The summed E-state index contributed by atoms with van der Waals surface area (Å²) >= 11 is 7.62. The van der Waals surface area contributed by atoms with Crippen LogP contribution in [0.5, 0.6) is 0 Å². The summed E-state index contributed by atoms with van der Waals surface area (Å²) in [4.78, 5) is 26.8. The second-order valence-electron chi connectivity index (χ2n) is 4.94. The van der Waals surface area contributed by atoms with Crippen LogP contribution in [0.25, 0.3) is 0 Å². The monoisotopic (exact) mass is 342 g/mol. The van der Waals surface area contributed by atoms with Gasteiger partial charge in [-0.15, -0.1) is 12.6 Å². The molecule has 4 nitrogen and oxygen atoms in total. The van der Waals surface area contributed by atoms with Crippen molar-refractivity contribution in [3.05, 3.63) is 28.2 Å². The third-order valence-electron chi connectivity index (χ3n) is 3.28. The second-order valence-corrected chi connectivity index (χ2v) is 6.31. The molecule has 0 saturated carbocycles. The van der Waals surface area contributed by atoms with Crippen LogP contribution in [0.1, 0.15) is 24.2 Å². The van der Waals surface area contributed by atoms with Crippen molar-refractivity contribution < 1.29 is 9.59 Å². The molecule has 1 fully saturated rings. The first-order valence-electron chi connectivity index (χ1n) is 5.93. The summed E-state index contributed by atoms with van der Waals surface area (Å²) < 4.78 is 0.706. The molecule has 6 heteroatoms. The van der Waals surface area contributed by atoms with E-state index in [0.29, 0.717) is 28.0 Å². The minimum Gasteiger partial charge on any atom is -0.352 e. The Balaban J connectivity index is 2.38. The predicted octanol–water partition coefficient (Wildman–Crippen LogP) is 2.09. The first-order valence-corrected chi connectivity index (χ1v) is 7.17. The maximum Gasteiger partial charge on any atom is 0.255 e. The number of hydrogen-bond acceptors (Lipinski definition) is 3. The quantitative estimate of drug-likeness (QED) is 0.767. The molecule has 0 unspecified atom stereocenters. The van der Waals surface area contributed by atoms with Crippen molar-refractivity contribution in [1.29, 1.82) is 0 Å². The van der Waals surface area contributed by atoms with Gasteiger partial charge in [0.25, 0.3) is 5.91 Å². The molecule has 1 aromatic carbocycles. The molecule has 19 heavy (non-hydrogen) atoms. The topological polar surface area (TPSA) is 49.4 Å². The molecule has 1 heterocycles. The van der Waals surface area contributed by atoms with Gasteiger partial charge in [0.1, 0.15) is 5.54 Å². The molecule has 0 spiro atoms. The van der Waals surface area contributed by atoms with Crippen LogP contribution in [-0.4, -0.2) is 35.3 Å². The molecule has 0 aromatic heterocycles. The normalized spacial score (nSPS) is 18.1. The molecule has 1 aliphatic rings. The molecular weight excluding hydrogens is 328 g/mol. The van der Waals surface area contributed by atoms with Crippen LogP contribution in [-0.2, 0) is 4.79 Å². The minimum atomic E-state index is -0.846. The summed E-state index contributed by atoms with van der Waals surface area (Å²) in [6.45, 7) is 4.47. The second kappa shape index (κ2) is 5.17. The minimum absolute atomic E-state index is 0.134. The summed E-state index contributed by atoms with van der Waals surface area (Å²) in [6, 6.07) is 5.29. The number of nitrogens with one attached hydrogen (secondary N) is 1. The van der Waals surface area contributed by atoms with Crippen LogP contribution in [0.4, 0.5) is 0 Å². The van der Waals surface area contributed by atoms with Crippen molar-refractivity contribution >= 4 is 40.4 Å². The highest BCUT2D eigenvalue weighted by Gasteiger charge is 2.41. The third kappa shape index (κ3) is 2.65. The molecular formula is C13H15BrN2O2S. The zero-order valence-electron chi connectivity index (χ0n) is 10.7. The van der Waals surface area contributed by atoms with Crippen LogP contribution >= 0.6 is 28.6 Å². The Morgan fingerprint density at radius 3 is 2.84 bits per heavy atom. The van der Waals surface area contributed by atoms with Crippen molar-refractivity contribution in [1.82, 2.24) is 10.2 Å². The molecule has 1 aliphatic heterocycles. The SMILES string of the molecule is CC1(C)C(=O)NCCN1C(=O)c1cc(S)ccc1Br. The van der Waals surface area contributed by atoms with E-state index in [0.717, 1.165) is 0 Å². The van der Waals surface area contributed by atoms with Crippen molar-refractivity contribution in [2.24, 2.45) is 0 Å². The van der Waals surface area contributed by atoms with Crippen LogP contribution in [0, 0.1) is 0 Å². The Hall–Kier alpha value is -1.01. The summed E-state index contributed by atoms with van der Waals surface area (Å²) in [6.07, 6.45) is 0. The molecule has 0 bridgehead atoms. The molecule has 0 aliphatic carbocycles. The number of hydrogen-bond donors (Lipinski definition) is 2. The molecule has 0 radical (unpaired) electrons. The smallest absolute Gasteiger partial charge is 0.255 e. The van der Waals surface area contributed by atoms with Crippen LogP contribution < -0.4 is 5.32 Å². The molecule has 1 saturated heterocycles. The highest BCUT2D eigenvalue weighted by molar-refractivity contribution is 9.10. The van der Waals surface area contributed by atoms with Gasteiger partial charge in [-0.1, -0.05) is 0 Å². The highest BCUT2D eigenvalue weighted by atomic mass is 79.9. The summed E-state index contributed by atoms with van der Waals surface area (Å²) in [5, 5.41) is 2.77. The first-order chi connectivity index (χ1) is 8.84. The lowest BCUT2D eigenvalue weighted by Crippen LogP contribution is -2.63. The Morgan fingerprint density at radius 1 is 1.47 bits per heavy atom. The molecule has 102 valence electrons. The fraction of sp³-hybridized carbons (Fsp3) is 0.385. The largest absolute Gasteiger partial charge is 0.352 e. The zero-order chi connectivity index (χ0) is 14.2. The van der Waals surface area contributed by atoms with E-state index in [-0.39, 0.29) is 11.8 Å². The van der Waals surface area contributed by atoms with Crippen LogP contribution in [0.15, 0.2) is 27.6 Å². The maximum atomic E-state index is 12.6. The number of benzene rings is 1. The van der Waals surface area contributed by atoms with Crippen LogP contribution in [0.3, 0.4) is 0 Å². The van der Waals surface area contributed by atoms with Crippen molar-refractivity contribution in [3.8, 4) is 0 Å². The highest BCUT2D eigenvalue weighted by Crippen LogP contribution is 2.26. The number of thiol groups is 1. The van der Waals surface area contributed by atoms with Gasteiger partial charge in [0.15, 0.2) is 0 Å². The lowest BCUT2D eigenvalue weighted by molar-refractivity contribution is -0.133. The van der Waals surface area contributed by atoms with E-state index in [9.17, 15) is 9.59 Å². The molecule has 1 aromatic rings. The standard InChI is InChI=1S/C13H15BrN2O2S/c1-13(2)12(18)15-5-6-16(13)11(17)9-7-8(19)3-4-10(9)14/h3-4,7,19H,5-6H2,1-2H3,(H,15,18). The van der Waals surface area contributed by atoms with Crippen molar-refractivity contribution in [2.45, 2.75) is 24.3 Å². The predicted molar refractivity (Wildman–Crippen MR) is 79.5 cm³/mol. The van der Waals surface area contributed by atoms with E-state index in [1.165, 1.54) is 0 Å². The average Bonchev–Trinajstić information content (AvgIpc) is 2.35. The molecule has 1 N–H and O–H groups in total. The van der Waals surface area contributed by atoms with Gasteiger partial charge in [-0.25, -0.2) is 0 Å². The lowest BCUT2D eigenvalue weighted by Gasteiger charge is -2.41. The Labute approximate surface area is 126 Å². The van der Waals surface area contributed by atoms with Crippen molar-refractivity contribution in [3.63, 3.8) is 0 Å². The molecule has 2 rings (SSSR count). The van der Waals surface area contributed by atoms with Gasteiger partial charge in [0, 0.05) is 22.5 Å². The number of halogens is 1. The van der Waals surface area contributed by atoms with Gasteiger partial charge in [-0.2, -0.15) is 0 Å². The number of piperazine rings is 1. The van der Waals surface area contributed by atoms with Gasteiger partial charge < -0.3 is 10.2 Å². The number of nitrogens with zero attached hydrogens (tertiary/aromatic N) is 1. The van der Waals surface area contributed by atoms with E-state index in [2.05, 4.69) is 33.9 Å². The van der Waals surface area contributed by atoms with E-state index >= 15 is 0 Å². The van der Waals surface area contributed by atoms with E-state index in [1.54, 1.807) is 36.9 Å². The Morgan fingerprint density at radius 2 is 2.16 bits per heavy atom. The lowest BCUT2D eigenvalue weighted by atomic mass is 9.97. The van der Waals surface area contributed by atoms with Gasteiger partial charge in [0.2, 0.25) is 5.91 Å². The summed E-state index contributed by atoms with van der Waals surface area (Å²) in [7, 11) is 0. The van der Waals surface area contributed by atoms with E-state index < -0.39 is 5.54 Å². The number of rotatable bonds is 1. The summed E-state index contributed by atoms with van der Waals surface area (Å²) in [5.41, 5.74) is -0.322. The van der Waals surface area contributed by atoms with Gasteiger partial charge >= 0.3 is 0 Å². The Bertz CT molecular complexity index is 545. The number of carbonyl (C=O) groups is 2. The first kappa shape index (κ1) is 14.4. The number of amides is 2. The zero-order valence-corrected chi connectivity index (χ0v) is 13.2.